The van der Waals surface area contributed by atoms with Gasteiger partial charge in [-0.05, 0) is 53.9 Å². The smallest absolute Gasteiger partial charge is 0.287 e. The first-order valence-corrected chi connectivity index (χ1v) is 9.70. The summed E-state index contributed by atoms with van der Waals surface area (Å²) in [7, 11) is 0. The summed E-state index contributed by atoms with van der Waals surface area (Å²) in [6.45, 7) is 2.42. The maximum Gasteiger partial charge on any atom is 0.287 e. The van der Waals surface area contributed by atoms with E-state index in [4.69, 9.17) is 0 Å². The van der Waals surface area contributed by atoms with Crippen LogP contribution < -0.4 is 10.6 Å². The fourth-order valence-electron chi connectivity index (χ4n) is 3.14. The number of amides is 2. The predicted molar refractivity (Wildman–Crippen MR) is 114 cm³/mol. The summed E-state index contributed by atoms with van der Waals surface area (Å²) in [5.74, 6) is -0.568. The van der Waals surface area contributed by atoms with E-state index in [2.05, 4.69) is 27.5 Å². The van der Waals surface area contributed by atoms with Crippen molar-refractivity contribution in [1.29, 1.82) is 0 Å². The number of rotatable bonds is 6. The zero-order valence-corrected chi connectivity index (χ0v) is 16.5. The standard InChI is InChI=1S/C23H21N5O2/c1-2-16-6-8-18(9-7-16)26-22(29)20-19-5-3-4-14-28(19)21(27-20)23(30)25-15-17-10-12-24-13-11-17/h3-14H,2,15H2,1H3,(H,25,30)(H,26,29). The maximum absolute atomic E-state index is 12.9. The van der Waals surface area contributed by atoms with Crippen LogP contribution in [0.3, 0.4) is 0 Å². The molecule has 0 aliphatic carbocycles. The lowest BCUT2D eigenvalue weighted by Gasteiger charge is -2.04. The van der Waals surface area contributed by atoms with Crippen LogP contribution in [0.5, 0.6) is 0 Å². The van der Waals surface area contributed by atoms with Crippen molar-refractivity contribution in [2.45, 2.75) is 19.9 Å². The Kier molecular flexibility index (Phi) is 5.52. The van der Waals surface area contributed by atoms with E-state index in [1.165, 1.54) is 5.56 Å². The molecule has 3 aromatic heterocycles. The Morgan fingerprint density at radius 3 is 2.43 bits per heavy atom. The fraction of sp³-hybridized carbons (Fsp3) is 0.130. The molecule has 2 N–H and O–H groups in total. The molecule has 0 fully saturated rings. The molecule has 7 heteroatoms. The number of aromatic nitrogens is 3. The molecule has 2 amide bonds. The van der Waals surface area contributed by atoms with Gasteiger partial charge in [0, 0.05) is 30.8 Å². The molecule has 0 spiro atoms. The molecule has 0 aliphatic heterocycles. The van der Waals surface area contributed by atoms with Crippen LogP contribution in [0.2, 0.25) is 0 Å². The lowest BCUT2D eigenvalue weighted by atomic mass is 10.1. The van der Waals surface area contributed by atoms with Crippen LogP contribution in [0.4, 0.5) is 5.69 Å². The number of benzene rings is 1. The molecule has 0 saturated carbocycles. The van der Waals surface area contributed by atoms with E-state index < -0.39 is 0 Å². The first-order valence-electron chi connectivity index (χ1n) is 9.70. The molecule has 3 heterocycles. The highest BCUT2D eigenvalue weighted by molar-refractivity contribution is 6.08. The largest absolute Gasteiger partial charge is 0.345 e. The van der Waals surface area contributed by atoms with Crippen molar-refractivity contribution < 1.29 is 9.59 Å². The number of pyridine rings is 2. The minimum absolute atomic E-state index is 0.158. The number of hydrogen-bond donors (Lipinski definition) is 2. The second kappa shape index (κ2) is 8.57. The van der Waals surface area contributed by atoms with Gasteiger partial charge in [-0.3, -0.25) is 19.0 Å². The number of anilines is 1. The summed E-state index contributed by atoms with van der Waals surface area (Å²) in [6, 6.07) is 16.7. The third-order valence-corrected chi connectivity index (χ3v) is 4.79. The van der Waals surface area contributed by atoms with Gasteiger partial charge in [0.2, 0.25) is 5.82 Å². The van der Waals surface area contributed by atoms with Crippen LogP contribution in [-0.4, -0.2) is 26.2 Å². The highest BCUT2D eigenvalue weighted by atomic mass is 16.2. The Morgan fingerprint density at radius 2 is 1.70 bits per heavy atom. The average molecular weight is 399 g/mol. The predicted octanol–water partition coefficient (Wildman–Crippen LogP) is 3.47. The van der Waals surface area contributed by atoms with Crippen molar-refractivity contribution in [2.24, 2.45) is 0 Å². The van der Waals surface area contributed by atoms with Gasteiger partial charge in [0.1, 0.15) is 0 Å². The second-order valence-corrected chi connectivity index (χ2v) is 6.78. The summed E-state index contributed by atoms with van der Waals surface area (Å²) >= 11 is 0. The third-order valence-electron chi connectivity index (χ3n) is 4.79. The lowest BCUT2D eigenvalue weighted by molar-refractivity contribution is 0.0940. The Labute approximate surface area is 173 Å². The van der Waals surface area contributed by atoms with Gasteiger partial charge in [0.25, 0.3) is 11.8 Å². The Hall–Kier alpha value is -4.00. The number of hydrogen-bond acceptors (Lipinski definition) is 4. The molecule has 30 heavy (non-hydrogen) atoms. The van der Waals surface area contributed by atoms with Gasteiger partial charge in [-0.25, -0.2) is 4.98 Å². The van der Waals surface area contributed by atoms with Gasteiger partial charge in [0.05, 0.1) is 5.52 Å². The van der Waals surface area contributed by atoms with Gasteiger partial charge >= 0.3 is 0 Å². The second-order valence-electron chi connectivity index (χ2n) is 6.78. The minimum atomic E-state index is -0.365. The third kappa shape index (κ3) is 4.05. The maximum atomic E-state index is 12.9. The van der Waals surface area contributed by atoms with Crippen LogP contribution in [-0.2, 0) is 13.0 Å². The topological polar surface area (TPSA) is 88.4 Å². The number of nitrogens with zero attached hydrogens (tertiary/aromatic N) is 3. The first-order chi connectivity index (χ1) is 14.7. The first kappa shape index (κ1) is 19.3. The molecular formula is C23H21N5O2. The number of nitrogens with one attached hydrogen (secondary N) is 2. The summed E-state index contributed by atoms with van der Waals surface area (Å²) < 4.78 is 1.62. The normalized spacial score (nSPS) is 10.7. The van der Waals surface area contributed by atoms with Crippen molar-refractivity contribution in [3.63, 3.8) is 0 Å². The van der Waals surface area contributed by atoms with Crippen LogP contribution in [0.25, 0.3) is 5.52 Å². The van der Waals surface area contributed by atoms with E-state index in [0.717, 1.165) is 12.0 Å². The zero-order valence-electron chi connectivity index (χ0n) is 16.5. The average Bonchev–Trinajstić information content (AvgIpc) is 3.19. The van der Waals surface area contributed by atoms with E-state index in [-0.39, 0.29) is 23.3 Å². The molecule has 0 radical (unpaired) electrons. The molecule has 7 nitrogen and oxygen atoms in total. The van der Waals surface area contributed by atoms with Crippen molar-refractivity contribution in [3.8, 4) is 0 Å². The monoisotopic (exact) mass is 399 g/mol. The van der Waals surface area contributed by atoms with Crippen molar-refractivity contribution in [1.82, 2.24) is 19.7 Å². The summed E-state index contributed by atoms with van der Waals surface area (Å²) in [4.78, 5) is 33.9. The van der Waals surface area contributed by atoms with Gasteiger partial charge in [-0.1, -0.05) is 25.1 Å². The molecule has 1 aromatic carbocycles. The SMILES string of the molecule is CCc1ccc(NC(=O)c2nc(C(=O)NCc3ccncc3)n3ccccc23)cc1. The van der Waals surface area contributed by atoms with E-state index in [9.17, 15) is 9.59 Å². The highest BCUT2D eigenvalue weighted by Gasteiger charge is 2.21. The molecule has 4 rings (SSSR count). The summed E-state index contributed by atoms with van der Waals surface area (Å²) in [6.07, 6.45) is 5.98. The molecule has 0 aliphatic rings. The van der Waals surface area contributed by atoms with Gasteiger partial charge < -0.3 is 10.6 Å². The Morgan fingerprint density at radius 1 is 0.933 bits per heavy atom. The van der Waals surface area contributed by atoms with E-state index >= 15 is 0 Å². The fourth-order valence-corrected chi connectivity index (χ4v) is 3.14. The molecule has 4 aromatic rings. The number of fused-ring (bicyclic) bond motifs is 1. The highest BCUT2D eigenvalue weighted by Crippen LogP contribution is 2.17. The van der Waals surface area contributed by atoms with E-state index in [0.29, 0.717) is 17.7 Å². The molecular weight excluding hydrogens is 378 g/mol. The number of carbonyl (C=O) groups excluding carboxylic acids is 2. The van der Waals surface area contributed by atoms with E-state index in [1.807, 2.05) is 42.5 Å². The summed E-state index contributed by atoms with van der Waals surface area (Å²) in [5.41, 5.74) is 3.55. The molecule has 0 bridgehead atoms. The van der Waals surface area contributed by atoms with Gasteiger partial charge in [0.15, 0.2) is 5.69 Å². The Balaban J connectivity index is 1.58. The van der Waals surface area contributed by atoms with E-state index in [1.54, 1.807) is 35.1 Å². The minimum Gasteiger partial charge on any atom is -0.345 e. The number of imidazole rings is 1. The summed E-state index contributed by atoms with van der Waals surface area (Å²) in [5, 5.41) is 5.70. The van der Waals surface area contributed by atoms with Crippen molar-refractivity contribution in [3.05, 3.63) is 95.8 Å². The van der Waals surface area contributed by atoms with Crippen LogP contribution in [0, 0.1) is 0 Å². The van der Waals surface area contributed by atoms with Crippen LogP contribution in [0.1, 0.15) is 39.2 Å². The molecule has 0 unspecified atom stereocenters. The van der Waals surface area contributed by atoms with Crippen LogP contribution >= 0.6 is 0 Å². The van der Waals surface area contributed by atoms with Crippen molar-refractivity contribution >= 4 is 23.0 Å². The Bertz CT molecular complexity index is 1180. The lowest BCUT2D eigenvalue weighted by Crippen LogP contribution is -2.25. The van der Waals surface area contributed by atoms with Gasteiger partial charge in [-0.15, -0.1) is 0 Å². The molecule has 0 saturated heterocycles. The number of aryl methyl sites for hydroxylation is 1. The molecule has 150 valence electrons. The van der Waals surface area contributed by atoms with Crippen LogP contribution in [0.15, 0.2) is 73.2 Å². The number of carbonyl (C=O) groups is 2. The van der Waals surface area contributed by atoms with Gasteiger partial charge in [-0.2, -0.15) is 0 Å². The quantitative estimate of drug-likeness (QED) is 0.520. The van der Waals surface area contributed by atoms with Crippen molar-refractivity contribution in [2.75, 3.05) is 5.32 Å². The zero-order chi connectivity index (χ0) is 20.9. The molecule has 0 atom stereocenters.